The Bertz CT molecular complexity index is 1480. The van der Waals surface area contributed by atoms with Gasteiger partial charge in [-0.25, -0.2) is 9.36 Å². The number of hydrogen-bond acceptors (Lipinski definition) is 2. The number of nitrogens with one attached hydrogen (secondary N) is 2. The molecule has 0 aliphatic rings. The Morgan fingerprint density at radius 1 is 0.774 bits per heavy atom. The van der Waals surface area contributed by atoms with Gasteiger partial charge in [-0.3, -0.25) is 19.8 Å². The molecule has 0 bridgehead atoms. The van der Waals surface area contributed by atoms with Crippen molar-refractivity contribution in [3.05, 3.63) is 121 Å². The normalized spacial score (nSPS) is 12.4. The molecule has 0 atom stereocenters. The summed E-state index contributed by atoms with van der Waals surface area (Å²) in [6.07, 6.45) is 8.76. The van der Waals surface area contributed by atoms with Gasteiger partial charge in [-0.15, -0.1) is 0 Å². The number of aromatic nitrogens is 4. The van der Waals surface area contributed by atoms with Gasteiger partial charge in [0.15, 0.2) is 0 Å². The zero-order valence-electron chi connectivity index (χ0n) is 17.1. The van der Waals surface area contributed by atoms with Crippen molar-refractivity contribution < 1.29 is 0 Å². The Labute approximate surface area is 178 Å². The summed E-state index contributed by atoms with van der Waals surface area (Å²) in [4.78, 5) is 25.4. The van der Waals surface area contributed by atoms with Crippen molar-refractivity contribution in [1.82, 2.24) is 19.6 Å². The van der Waals surface area contributed by atoms with Crippen molar-refractivity contribution in [3.8, 4) is 11.4 Å². The lowest BCUT2D eigenvalue weighted by Crippen LogP contribution is -2.33. The first kappa shape index (κ1) is 20.0. The number of benzene rings is 2. The van der Waals surface area contributed by atoms with E-state index in [0.717, 1.165) is 17.1 Å². The molecule has 0 aliphatic heterocycles. The predicted molar refractivity (Wildman–Crippen MR) is 125 cm³/mol. The number of aryl methyl sites for hydroxylation is 1. The van der Waals surface area contributed by atoms with E-state index in [2.05, 4.69) is 16.8 Å². The first-order valence-electron chi connectivity index (χ1n) is 9.84. The molecular formula is C25H22N4O2. The van der Waals surface area contributed by atoms with Gasteiger partial charge in [0.2, 0.25) is 0 Å². The van der Waals surface area contributed by atoms with Crippen LogP contribution in [0.5, 0.6) is 0 Å². The van der Waals surface area contributed by atoms with E-state index in [1.807, 2.05) is 67.6 Å². The summed E-state index contributed by atoms with van der Waals surface area (Å²) in [5.41, 5.74) is 2.60. The molecule has 4 aromatic rings. The average Bonchev–Trinajstić information content (AvgIpc) is 3.24. The van der Waals surface area contributed by atoms with E-state index in [1.54, 1.807) is 30.4 Å². The minimum absolute atomic E-state index is 0.117. The number of para-hydroxylation sites is 2. The second kappa shape index (κ2) is 8.59. The van der Waals surface area contributed by atoms with Crippen LogP contribution in [0.4, 0.5) is 0 Å². The zero-order chi connectivity index (χ0) is 21.8. The second-order valence-corrected chi connectivity index (χ2v) is 7.02. The molecule has 2 aromatic heterocycles. The standard InChI is InChI=1S/C25H22N4O2/c1-18-22(24(30)28(26-18)20-12-6-3-7-13-20)16-10-5-11-17-23-19(2)27-29(25(23)31)21-14-8-4-9-15-21/h3-17,26-27H,1H2,2H3/b10-5+,17-11+,22-16-. The highest BCUT2D eigenvalue weighted by atomic mass is 16.1. The molecule has 0 spiro atoms. The predicted octanol–water partition coefficient (Wildman–Crippen LogP) is 2.41. The Hall–Kier alpha value is -4.32. The molecule has 0 amide bonds. The summed E-state index contributed by atoms with van der Waals surface area (Å²) in [7, 11) is 0. The minimum Gasteiger partial charge on any atom is -0.295 e. The van der Waals surface area contributed by atoms with Crippen molar-refractivity contribution >= 4 is 18.7 Å². The number of rotatable bonds is 5. The molecule has 4 rings (SSSR count). The quantitative estimate of drug-likeness (QED) is 0.496. The lowest BCUT2D eigenvalue weighted by atomic mass is 10.2. The van der Waals surface area contributed by atoms with Crippen molar-refractivity contribution in [1.29, 1.82) is 0 Å². The molecule has 31 heavy (non-hydrogen) atoms. The molecule has 2 heterocycles. The van der Waals surface area contributed by atoms with E-state index in [1.165, 1.54) is 9.36 Å². The number of H-pyrrole nitrogens is 2. The van der Waals surface area contributed by atoms with Gasteiger partial charge < -0.3 is 0 Å². The summed E-state index contributed by atoms with van der Waals surface area (Å²) in [5, 5.41) is 7.11. The first-order valence-corrected chi connectivity index (χ1v) is 9.84. The van der Waals surface area contributed by atoms with E-state index in [0.29, 0.717) is 16.1 Å². The van der Waals surface area contributed by atoms with Crippen LogP contribution in [-0.2, 0) is 0 Å². The van der Waals surface area contributed by atoms with E-state index < -0.39 is 0 Å². The van der Waals surface area contributed by atoms with Gasteiger partial charge in [-0.2, -0.15) is 0 Å². The molecule has 0 fully saturated rings. The highest BCUT2D eigenvalue weighted by Crippen LogP contribution is 2.08. The van der Waals surface area contributed by atoms with Crippen LogP contribution in [0.25, 0.3) is 30.1 Å². The van der Waals surface area contributed by atoms with E-state index in [-0.39, 0.29) is 11.1 Å². The molecule has 0 saturated carbocycles. The number of hydrogen-bond donors (Lipinski definition) is 2. The maximum atomic E-state index is 12.7. The topological polar surface area (TPSA) is 75.6 Å². The molecule has 0 unspecified atom stereocenters. The van der Waals surface area contributed by atoms with Crippen LogP contribution in [0.15, 0.2) is 88.5 Å². The van der Waals surface area contributed by atoms with Gasteiger partial charge in [0.25, 0.3) is 11.1 Å². The maximum Gasteiger partial charge on any atom is 0.279 e. The first-order chi connectivity index (χ1) is 15.1. The third-order valence-electron chi connectivity index (χ3n) is 4.90. The molecule has 6 heteroatoms. The summed E-state index contributed by atoms with van der Waals surface area (Å²) in [5.74, 6) is 0. The highest BCUT2D eigenvalue weighted by Gasteiger charge is 2.09. The Balaban J connectivity index is 1.58. The molecule has 2 aromatic carbocycles. The van der Waals surface area contributed by atoms with Gasteiger partial charge in [0, 0.05) is 5.69 Å². The largest absolute Gasteiger partial charge is 0.295 e. The smallest absolute Gasteiger partial charge is 0.279 e. The van der Waals surface area contributed by atoms with Gasteiger partial charge in [-0.05, 0) is 43.3 Å². The van der Waals surface area contributed by atoms with Crippen molar-refractivity contribution in [2.45, 2.75) is 6.92 Å². The lowest BCUT2D eigenvalue weighted by molar-refractivity contribution is 0.835. The molecule has 6 nitrogen and oxygen atoms in total. The van der Waals surface area contributed by atoms with Gasteiger partial charge in [0.05, 0.1) is 27.5 Å². The summed E-state index contributed by atoms with van der Waals surface area (Å²) in [6.45, 7) is 5.78. The molecule has 2 N–H and O–H groups in total. The van der Waals surface area contributed by atoms with Crippen LogP contribution in [0.3, 0.4) is 0 Å². The SMILES string of the molecule is C=c1[nH]n(-c2ccccc2)c(=O)\c1=C/C=C/C=C/c1c(C)[nH]n(-c2ccccc2)c1=O. The minimum atomic E-state index is -0.169. The third kappa shape index (κ3) is 4.04. The fraction of sp³-hybridized carbons (Fsp3) is 0.0400. The van der Waals surface area contributed by atoms with Crippen molar-refractivity contribution in [2.75, 3.05) is 0 Å². The van der Waals surface area contributed by atoms with Crippen LogP contribution in [0.1, 0.15) is 11.3 Å². The van der Waals surface area contributed by atoms with E-state index >= 15 is 0 Å². The Kier molecular flexibility index (Phi) is 5.53. The van der Waals surface area contributed by atoms with Gasteiger partial charge in [0.1, 0.15) is 0 Å². The van der Waals surface area contributed by atoms with Crippen LogP contribution in [0, 0.1) is 6.92 Å². The Morgan fingerprint density at radius 2 is 1.35 bits per heavy atom. The fourth-order valence-corrected chi connectivity index (χ4v) is 3.31. The summed E-state index contributed by atoms with van der Waals surface area (Å²) in [6, 6.07) is 18.7. The van der Waals surface area contributed by atoms with Crippen LogP contribution in [-0.4, -0.2) is 19.6 Å². The second-order valence-electron chi connectivity index (χ2n) is 7.02. The fourth-order valence-electron chi connectivity index (χ4n) is 3.31. The summed E-state index contributed by atoms with van der Waals surface area (Å²) < 4.78 is 2.98. The lowest BCUT2D eigenvalue weighted by Gasteiger charge is -1.99. The molecule has 154 valence electrons. The van der Waals surface area contributed by atoms with Crippen LogP contribution < -0.4 is 21.7 Å². The number of nitrogens with zero attached hydrogens (tertiary/aromatic N) is 2. The number of aromatic amines is 2. The monoisotopic (exact) mass is 410 g/mol. The van der Waals surface area contributed by atoms with Gasteiger partial charge >= 0.3 is 0 Å². The van der Waals surface area contributed by atoms with E-state index in [9.17, 15) is 9.59 Å². The molecule has 0 radical (unpaired) electrons. The van der Waals surface area contributed by atoms with Gasteiger partial charge in [-0.1, -0.05) is 61.2 Å². The van der Waals surface area contributed by atoms with Crippen LogP contribution >= 0.6 is 0 Å². The summed E-state index contributed by atoms with van der Waals surface area (Å²) >= 11 is 0. The number of allylic oxidation sites excluding steroid dienone is 3. The third-order valence-corrected chi connectivity index (χ3v) is 4.90. The van der Waals surface area contributed by atoms with Crippen LogP contribution in [0.2, 0.25) is 0 Å². The van der Waals surface area contributed by atoms with E-state index in [4.69, 9.17) is 0 Å². The average molecular weight is 410 g/mol. The molecule has 0 saturated heterocycles. The zero-order valence-corrected chi connectivity index (χ0v) is 17.1. The van der Waals surface area contributed by atoms with Crippen molar-refractivity contribution in [2.24, 2.45) is 0 Å². The van der Waals surface area contributed by atoms with Crippen molar-refractivity contribution in [3.63, 3.8) is 0 Å². The highest BCUT2D eigenvalue weighted by molar-refractivity contribution is 5.54. The maximum absolute atomic E-state index is 12.7. The molecular weight excluding hydrogens is 388 g/mol. The Morgan fingerprint density at radius 3 is 1.97 bits per heavy atom. The molecule has 0 aliphatic carbocycles.